The molecule has 0 aliphatic carbocycles. The van der Waals surface area contributed by atoms with Crippen LogP contribution < -0.4 is 4.72 Å². The van der Waals surface area contributed by atoms with Crippen LogP contribution in [-0.2, 0) is 23.0 Å². The second kappa shape index (κ2) is 6.52. The molecule has 3 rings (SSSR count). The van der Waals surface area contributed by atoms with Crippen LogP contribution in [0.25, 0.3) is 0 Å². The highest BCUT2D eigenvalue weighted by atomic mass is 32.2. The first kappa shape index (κ1) is 15.7. The van der Waals surface area contributed by atoms with E-state index in [1.807, 2.05) is 4.57 Å². The molecular formula is C15H24N4O2S. The number of imidazole rings is 1. The van der Waals surface area contributed by atoms with E-state index in [0.29, 0.717) is 11.6 Å². The Morgan fingerprint density at radius 1 is 1.27 bits per heavy atom. The van der Waals surface area contributed by atoms with Crippen LogP contribution in [0.15, 0.2) is 22.9 Å². The summed E-state index contributed by atoms with van der Waals surface area (Å²) in [6.07, 6.45) is 7.76. The van der Waals surface area contributed by atoms with Crippen LogP contribution in [0.5, 0.6) is 0 Å². The average molecular weight is 324 g/mol. The fraction of sp³-hybridized carbons (Fsp3) is 0.667. The molecule has 2 aliphatic heterocycles. The maximum atomic E-state index is 12.5. The normalized spacial score (nSPS) is 19.8. The van der Waals surface area contributed by atoms with Gasteiger partial charge in [0.2, 0.25) is 0 Å². The highest BCUT2D eigenvalue weighted by Crippen LogP contribution is 2.19. The highest BCUT2D eigenvalue weighted by molar-refractivity contribution is 7.89. The summed E-state index contributed by atoms with van der Waals surface area (Å²) < 4.78 is 29.5. The van der Waals surface area contributed by atoms with Gasteiger partial charge in [0.1, 0.15) is 5.82 Å². The number of sulfonamides is 1. The lowest BCUT2D eigenvalue weighted by Gasteiger charge is -2.25. The Labute approximate surface area is 132 Å². The molecular weight excluding hydrogens is 300 g/mol. The smallest absolute Gasteiger partial charge is 0.257 e. The van der Waals surface area contributed by atoms with E-state index >= 15 is 0 Å². The number of nitrogens with one attached hydrogen (secondary N) is 1. The number of hydrogen-bond acceptors (Lipinski definition) is 4. The third-order valence-electron chi connectivity index (χ3n) is 4.45. The SMILES string of the molecule is CC1=CCN(CCNS(=O)(=O)c2cnc3n2CCCC3)CC1. The molecule has 1 aromatic rings. The fourth-order valence-corrected chi connectivity index (χ4v) is 4.22. The third kappa shape index (κ3) is 3.42. The molecule has 0 saturated carbocycles. The topological polar surface area (TPSA) is 67.2 Å². The van der Waals surface area contributed by atoms with Crippen LogP contribution in [0.1, 0.15) is 32.0 Å². The van der Waals surface area contributed by atoms with E-state index < -0.39 is 10.0 Å². The number of fused-ring (bicyclic) bond motifs is 1. The third-order valence-corrected chi connectivity index (χ3v) is 5.91. The van der Waals surface area contributed by atoms with Crippen molar-refractivity contribution in [3.05, 3.63) is 23.7 Å². The van der Waals surface area contributed by atoms with Gasteiger partial charge >= 0.3 is 0 Å². The van der Waals surface area contributed by atoms with E-state index in [9.17, 15) is 8.42 Å². The van der Waals surface area contributed by atoms with Crippen LogP contribution in [0, 0.1) is 0 Å². The minimum absolute atomic E-state index is 0.316. The Hall–Kier alpha value is -1.18. The molecule has 0 atom stereocenters. The summed E-state index contributed by atoms with van der Waals surface area (Å²) in [7, 11) is -3.46. The highest BCUT2D eigenvalue weighted by Gasteiger charge is 2.23. The van der Waals surface area contributed by atoms with Crippen molar-refractivity contribution in [2.24, 2.45) is 0 Å². The summed E-state index contributed by atoms with van der Waals surface area (Å²) in [4.78, 5) is 6.52. The molecule has 0 fully saturated rings. The lowest BCUT2D eigenvalue weighted by atomic mass is 10.1. The van der Waals surface area contributed by atoms with Gasteiger partial charge in [-0.1, -0.05) is 11.6 Å². The number of hydrogen-bond donors (Lipinski definition) is 1. The zero-order valence-electron chi connectivity index (χ0n) is 13.1. The zero-order chi connectivity index (χ0) is 15.6. The first-order chi connectivity index (χ1) is 10.6. The molecule has 0 saturated heterocycles. The molecule has 0 aromatic carbocycles. The van der Waals surface area contributed by atoms with E-state index in [-0.39, 0.29) is 0 Å². The van der Waals surface area contributed by atoms with E-state index in [1.54, 1.807) is 0 Å². The van der Waals surface area contributed by atoms with Gasteiger partial charge in [0, 0.05) is 39.1 Å². The summed E-state index contributed by atoms with van der Waals surface area (Å²) in [6.45, 7) is 5.99. The molecule has 0 unspecified atom stereocenters. The molecule has 3 heterocycles. The molecule has 122 valence electrons. The van der Waals surface area contributed by atoms with E-state index in [1.165, 1.54) is 11.8 Å². The van der Waals surface area contributed by atoms with E-state index in [2.05, 4.69) is 27.6 Å². The standard InChI is InChI=1S/C15H24N4O2S/c1-13-5-9-18(10-6-13)11-7-17-22(20,21)15-12-16-14-4-2-3-8-19(14)15/h5,12,17H,2-4,6-11H2,1H3. The summed E-state index contributed by atoms with van der Waals surface area (Å²) >= 11 is 0. The second-order valence-corrected chi connectivity index (χ2v) is 7.83. The molecule has 0 radical (unpaired) electrons. The molecule has 7 heteroatoms. The van der Waals surface area contributed by atoms with Crippen molar-refractivity contribution in [1.29, 1.82) is 0 Å². The van der Waals surface area contributed by atoms with Gasteiger partial charge in [-0.25, -0.2) is 18.1 Å². The second-order valence-electron chi connectivity index (χ2n) is 6.12. The van der Waals surface area contributed by atoms with Crippen LogP contribution in [0.3, 0.4) is 0 Å². The monoisotopic (exact) mass is 324 g/mol. The van der Waals surface area contributed by atoms with Gasteiger partial charge in [0.25, 0.3) is 10.0 Å². The molecule has 6 nitrogen and oxygen atoms in total. The van der Waals surface area contributed by atoms with Crippen LogP contribution >= 0.6 is 0 Å². The van der Waals surface area contributed by atoms with Crippen molar-refractivity contribution in [2.45, 2.75) is 44.2 Å². The van der Waals surface area contributed by atoms with Gasteiger partial charge < -0.3 is 4.57 Å². The van der Waals surface area contributed by atoms with Gasteiger partial charge in [-0.2, -0.15) is 0 Å². The molecule has 22 heavy (non-hydrogen) atoms. The first-order valence-corrected chi connectivity index (χ1v) is 9.46. The van der Waals surface area contributed by atoms with Gasteiger partial charge in [-0.05, 0) is 26.2 Å². The summed E-state index contributed by atoms with van der Waals surface area (Å²) in [5.41, 5.74) is 1.42. The van der Waals surface area contributed by atoms with Crippen molar-refractivity contribution < 1.29 is 8.42 Å². The summed E-state index contributed by atoms with van der Waals surface area (Å²) in [5.74, 6) is 0.892. The van der Waals surface area contributed by atoms with Crippen molar-refractivity contribution in [1.82, 2.24) is 19.2 Å². The molecule has 1 aromatic heterocycles. The maximum absolute atomic E-state index is 12.5. The first-order valence-electron chi connectivity index (χ1n) is 7.98. The Morgan fingerprint density at radius 2 is 2.14 bits per heavy atom. The Balaban J connectivity index is 1.59. The van der Waals surface area contributed by atoms with Gasteiger partial charge in [-0.3, -0.25) is 4.90 Å². The summed E-state index contributed by atoms with van der Waals surface area (Å²) in [5, 5.41) is 0.316. The van der Waals surface area contributed by atoms with E-state index in [4.69, 9.17) is 0 Å². The van der Waals surface area contributed by atoms with Gasteiger partial charge in [0.05, 0.1) is 6.20 Å². The van der Waals surface area contributed by atoms with Crippen LogP contribution in [0.2, 0.25) is 0 Å². The van der Waals surface area contributed by atoms with Crippen LogP contribution in [-0.4, -0.2) is 49.0 Å². The lowest BCUT2D eigenvalue weighted by Crippen LogP contribution is -2.37. The number of aromatic nitrogens is 2. The lowest BCUT2D eigenvalue weighted by molar-refractivity contribution is 0.298. The largest absolute Gasteiger partial charge is 0.318 e. The minimum Gasteiger partial charge on any atom is -0.318 e. The Morgan fingerprint density at radius 3 is 2.91 bits per heavy atom. The van der Waals surface area contributed by atoms with E-state index in [0.717, 1.165) is 57.7 Å². The van der Waals surface area contributed by atoms with Crippen LogP contribution in [0.4, 0.5) is 0 Å². The Bertz CT molecular complexity index is 663. The summed E-state index contributed by atoms with van der Waals surface area (Å²) in [6, 6.07) is 0. The number of aryl methyl sites for hydroxylation is 1. The zero-order valence-corrected chi connectivity index (χ0v) is 13.9. The van der Waals surface area contributed by atoms with Crippen molar-refractivity contribution in [3.63, 3.8) is 0 Å². The average Bonchev–Trinajstić information content (AvgIpc) is 2.94. The predicted octanol–water partition coefficient (Wildman–Crippen LogP) is 1.15. The fourth-order valence-electron chi connectivity index (χ4n) is 3.03. The maximum Gasteiger partial charge on any atom is 0.257 e. The molecule has 0 amide bonds. The van der Waals surface area contributed by atoms with Crippen molar-refractivity contribution >= 4 is 10.0 Å². The number of nitrogens with zero attached hydrogens (tertiary/aromatic N) is 3. The molecule has 0 bridgehead atoms. The number of rotatable bonds is 5. The predicted molar refractivity (Wildman–Crippen MR) is 85.2 cm³/mol. The van der Waals surface area contributed by atoms with Crippen molar-refractivity contribution in [2.75, 3.05) is 26.2 Å². The minimum atomic E-state index is -3.46. The van der Waals surface area contributed by atoms with Gasteiger partial charge in [0.15, 0.2) is 5.03 Å². The quantitative estimate of drug-likeness (QED) is 0.825. The molecule has 2 aliphatic rings. The molecule has 0 spiro atoms. The Kier molecular flexibility index (Phi) is 4.65. The van der Waals surface area contributed by atoms with Gasteiger partial charge in [-0.15, -0.1) is 0 Å². The molecule has 1 N–H and O–H groups in total. The van der Waals surface area contributed by atoms with Crippen molar-refractivity contribution in [3.8, 4) is 0 Å².